The number of alkyl carbamates (subject to hydrolysis) is 1. The zero-order valence-electron chi connectivity index (χ0n) is 35.6. The predicted octanol–water partition coefficient (Wildman–Crippen LogP) is 1.52. The van der Waals surface area contributed by atoms with Gasteiger partial charge in [0, 0.05) is 57.4 Å². The van der Waals surface area contributed by atoms with Crippen LogP contribution in [0, 0.1) is 0 Å². The fraction of sp³-hybridized carbons (Fsp3) is 0.641. The molecule has 340 valence electrons. The number of rotatable bonds is 21. The second-order valence-electron chi connectivity index (χ2n) is 15.7. The average molecular weight is 914 g/mol. The van der Waals surface area contributed by atoms with Crippen molar-refractivity contribution in [1.82, 2.24) is 36.4 Å². The zero-order chi connectivity index (χ0) is 45.3. The van der Waals surface area contributed by atoms with Crippen molar-refractivity contribution in [2.75, 3.05) is 49.6 Å². The number of carbonyl (C=O) groups excluding carboxylic acids is 8. The topological polar surface area (TPSA) is 259 Å². The number of nitrogens with one attached hydrogen (secondary N) is 5. The number of benzene rings is 1. The Morgan fingerprint density at radius 2 is 1.36 bits per heavy atom. The molecule has 0 bridgehead atoms. The van der Waals surface area contributed by atoms with Gasteiger partial charge in [-0.1, -0.05) is 30.3 Å². The van der Waals surface area contributed by atoms with Crippen molar-refractivity contribution in [3.63, 3.8) is 0 Å². The Labute approximate surface area is 365 Å². The van der Waals surface area contributed by atoms with Gasteiger partial charge in [-0.05, 0) is 52.0 Å². The summed E-state index contributed by atoms with van der Waals surface area (Å²) in [7, 11) is -3.20. The Morgan fingerprint density at radius 1 is 0.820 bits per heavy atom. The maximum Gasteiger partial charge on any atom is 0.408 e. The summed E-state index contributed by atoms with van der Waals surface area (Å²) in [5.74, 6) is -4.48. The first kappa shape index (κ1) is 51.0. The molecule has 2 aliphatic rings. The Kier molecular flexibility index (Phi) is 20.4. The van der Waals surface area contributed by atoms with Gasteiger partial charge in [0.2, 0.25) is 42.8 Å². The van der Waals surface area contributed by atoms with Gasteiger partial charge in [-0.15, -0.1) is 23.5 Å². The monoisotopic (exact) mass is 913 g/mol. The first-order chi connectivity index (χ1) is 28.7. The minimum atomic E-state index is -4.38. The lowest BCUT2D eigenvalue weighted by atomic mass is 10.1. The second kappa shape index (κ2) is 24.3. The molecule has 2 heterocycles. The van der Waals surface area contributed by atoms with Crippen LogP contribution in [-0.4, -0.2) is 147 Å². The van der Waals surface area contributed by atoms with Crippen LogP contribution in [0.3, 0.4) is 0 Å². The number of hydrogen-bond acceptors (Lipinski definition) is 13. The van der Waals surface area contributed by atoms with E-state index in [4.69, 9.17) is 9.47 Å². The van der Waals surface area contributed by atoms with Crippen LogP contribution in [0.15, 0.2) is 30.3 Å². The van der Waals surface area contributed by atoms with Gasteiger partial charge in [-0.3, -0.25) is 33.3 Å². The number of thioether (sulfide) groups is 2. The van der Waals surface area contributed by atoms with E-state index >= 15 is 0 Å². The number of carbonyl (C=O) groups is 8. The Balaban J connectivity index is 1.75. The average Bonchev–Trinajstić information content (AvgIpc) is 3.89. The normalized spacial score (nSPS) is 18.7. The summed E-state index contributed by atoms with van der Waals surface area (Å²) in [6.45, 7) is 8.09. The van der Waals surface area contributed by atoms with Gasteiger partial charge in [0.05, 0.1) is 18.9 Å². The van der Waals surface area contributed by atoms with Crippen molar-refractivity contribution in [2.45, 2.75) is 109 Å². The third-order valence-corrected chi connectivity index (χ3v) is 13.6. The van der Waals surface area contributed by atoms with E-state index in [0.717, 1.165) is 0 Å². The highest BCUT2D eigenvalue weighted by atomic mass is 32.2. The predicted molar refractivity (Wildman–Crippen MR) is 230 cm³/mol. The summed E-state index contributed by atoms with van der Waals surface area (Å²) < 4.78 is 24.4. The molecule has 2 fully saturated rings. The molecule has 3 rings (SSSR count). The molecule has 2 aliphatic heterocycles. The zero-order valence-corrected chi connectivity index (χ0v) is 38.1. The van der Waals surface area contributed by atoms with Gasteiger partial charge in [0.1, 0.15) is 35.6 Å². The van der Waals surface area contributed by atoms with Crippen LogP contribution in [-0.2, 0) is 54.0 Å². The molecule has 6 atom stereocenters. The van der Waals surface area contributed by atoms with Gasteiger partial charge in [-0.2, -0.15) is 0 Å². The second-order valence-corrected chi connectivity index (χ2v) is 20.3. The van der Waals surface area contributed by atoms with Gasteiger partial charge < -0.3 is 50.8 Å². The molecule has 0 radical (unpaired) electrons. The van der Waals surface area contributed by atoms with Crippen molar-refractivity contribution >= 4 is 78.4 Å². The summed E-state index contributed by atoms with van der Waals surface area (Å²) >= 11 is 2.38. The van der Waals surface area contributed by atoms with E-state index in [2.05, 4.69) is 26.6 Å². The molecule has 22 heteroatoms. The van der Waals surface area contributed by atoms with E-state index in [-0.39, 0.29) is 61.0 Å². The molecule has 1 aromatic carbocycles. The molecular weight excluding hydrogens is 854 g/mol. The van der Waals surface area contributed by atoms with E-state index < -0.39 is 91.2 Å². The Morgan fingerprint density at radius 3 is 1.92 bits per heavy atom. The maximum absolute atomic E-state index is 14.2. The highest BCUT2D eigenvalue weighted by Crippen LogP contribution is 2.47. The minimum Gasteiger partial charge on any atom is -0.467 e. The van der Waals surface area contributed by atoms with Crippen molar-refractivity contribution < 1.29 is 57.3 Å². The van der Waals surface area contributed by atoms with Gasteiger partial charge in [0.25, 0.3) is 0 Å². The molecule has 61 heavy (non-hydrogen) atoms. The molecule has 1 aromatic rings. The van der Waals surface area contributed by atoms with Crippen LogP contribution < -0.4 is 26.6 Å². The number of hydrogen-bond donors (Lipinski definition) is 6. The number of methoxy groups -OCH3 is 1. The third kappa shape index (κ3) is 17.2. The van der Waals surface area contributed by atoms with Crippen LogP contribution >= 0.6 is 30.9 Å². The molecule has 0 aliphatic carbocycles. The summed E-state index contributed by atoms with van der Waals surface area (Å²) in [6, 6.07) is 4.54. The van der Waals surface area contributed by atoms with E-state index in [1.807, 2.05) is 0 Å². The molecule has 0 spiro atoms. The van der Waals surface area contributed by atoms with Crippen molar-refractivity contribution in [1.29, 1.82) is 0 Å². The fourth-order valence-corrected chi connectivity index (χ4v) is 10.1. The molecule has 2 unspecified atom stereocenters. The Bertz CT molecular complexity index is 1770. The SMILES string of the molecule is COC(=O)[C@H](CSCNC(C)=O)NC(=O)[C@@H]1CCCN1C(=O)CCP(=O)(O)C(Cc1ccccc1)NC(=O)[C@@H]1CCCN1C(=O)[C@H](CSCNC(C)=O)NC(=O)OC(C)(C)C. The number of likely N-dealkylation sites (tertiary alicyclic amines) is 2. The standard InChI is InChI=1S/C39H60N7O12PS2/c1-25(47)40-23-60-21-28(43-38(54)58-39(3,4)5)36(52)46-18-11-15-31(46)35(51)44-32(20-27-12-8-7-9-13-27)59(55,56)19-16-33(49)45-17-10-14-30(45)34(50)42-29(37(53)57-6)22-61-24-41-26(2)48/h7-9,12-13,28-32H,10-11,14-24H2,1-6H3,(H,40,47)(H,41,48)(H,42,50)(H,43,54)(H,44,51)(H,55,56)/t28-,29-,30-,31-,32?/m0/s1. The highest BCUT2D eigenvalue weighted by molar-refractivity contribution is 7.99. The summed E-state index contributed by atoms with van der Waals surface area (Å²) in [4.78, 5) is 117. The van der Waals surface area contributed by atoms with Gasteiger partial charge in [0.15, 0.2) is 0 Å². The van der Waals surface area contributed by atoms with Crippen LogP contribution in [0.25, 0.3) is 0 Å². The van der Waals surface area contributed by atoms with Crippen LogP contribution in [0.4, 0.5) is 4.79 Å². The smallest absolute Gasteiger partial charge is 0.408 e. The lowest BCUT2D eigenvalue weighted by Gasteiger charge is -2.31. The van der Waals surface area contributed by atoms with Gasteiger partial charge >= 0.3 is 12.1 Å². The maximum atomic E-state index is 14.2. The lowest BCUT2D eigenvalue weighted by molar-refractivity contribution is -0.145. The first-order valence-electron chi connectivity index (χ1n) is 20.0. The first-order valence-corrected chi connectivity index (χ1v) is 24.2. The number of amides is 7. The molecule has 2 saturated heterocycles. The molecule has 0 saturated carbocycles. The van der Waals surface area contributed by atoms with Crippen LogP contribution in [0.1, 0.15) is 72.3 Å². The number of ether oxygens (including phenoxy) is 2. The summed E-state index contributed by atoms with van der Waals surface area (Å²) in [5, 5.41) is 13.2. The van der Waals surface area contributed by atoms with E-state index in [1.165, 1.54) is 54.3 Å². The Hall–Kier alpha value is -4.33. The number of nitrogens with zero attached hydrogens (tertiary/aromatic N) is 2. The summed E-state index contributed by atoms with van der Waals surface area (Å²) in [6.07, 6.45) is -0.401. The van der Waals surface area contributed by atoms with Crippen molar-refractivity contribution in [3.05, 3.63) is 35.9 Å². The van der Waals surface area contributed by atoms with Crippen LogP contribution in [0.2, 0.25) is 0 Å². The molecule has 19 nitrogen and oxygen atoms in total. The molecule has 7 amide bonds. The van der Waals surface area contributed by atoms with Gasteiger partial charge in [-0.25, -0.2) is 9.59 Å². The summed E-state index contributed by atoms with van der Waals surface area (Å²) in [5.41, 5.74) is -0.221. The van der Waals surface area contributed by atoms with E-state index in [9.17, 15) is 47.8 Å². The molecule has 0 aromatic heterocycles. The quantitative estimate of drug-likeness (QED) is 0.0443. The highest BCUT2D eigenvalue weighted by Gasteiger charge is 2.42. The third-order valence-electron chi connectivity index (χ3n) is 9.63. The van der Waals surface area contributed by atoms with Crippen molar-refractivity contribution in [2.24, 2.45) is 0 Å². The molecule has 6 N–H and O–H groups in total. The minimum absolute atomic E-state index is 0.0457. The van der Waals surface area contributed by atoms with E-state index in [1.54, 1.807) is 51.1 Å². The lowest BCUT2D eigenvalue weighted by Crippen LogP contribution is -2.56. The number of esters is 1. The van der Waals surface area contributed by atoms with Crippen molar-refractivity contribution in [3.8, 4) is 0 Å². The van der Waals surface area contributed by atoms with Crippen LogP contribution in [0.5, 0.6) is 0 Å². The largest absolute Gasteiger partial charge is 0.467 e. The van der Waals surface area contributed by atoms with E-state index in [0.29, 0.717) is 24.8 Å². The molecular formula is C39H60N7O12PS2. The fourth-order valence-electron chi connectivity index (χ4n) is 6.65.